The molecule has 1 saturated heterocycles. The van der Waals surface area contributed by atoms with Gasteiger partial charge < -0.3 is 10.1 Å². The van der Waals surface area contributed by atoms with Crippen molar-refractivity contribution in [3.8, 4) is 0 Å². The summed E-state index contributed by atoms with van der Waals surface area (Å²) in [7, 11) is 0. The van der Waals surface area contributed by atoms with Crippen molar-refractivity contribution in [2.45, 2.75) is 38.5 Å². The number of hydrogen-bond donors (Lipinski definition) is 1. The molecule has 94 valence electrons. The molecule has 0 radical (unpaired) electrons. The third-order valence-corrected chi connectivity index (χ3v) is 3.76. The van der Waals surface area contributed by atoms with Crippen LogP contribution in [0.5, 0.6) is 0 Å². The Morgan fingerprint density at radius 3 is 2.88 bits per heavy atom. The minimum absolute atomic E-state index is 0.00255. The highest BCUT2D eigenvalue weighted by Crippen LogP contribution is 2.23. The van der Waals surface area contributed by atoms with E-state index < -0.39 is 0 Å². The number of halogens is 2. The van der Waals surface area contributed by atoms with Gasteiger partial charge in [-0.1, -0.05) is 22.0 Å². The molecule has 17 heavy (non-hydrogen) atoms. The zero-order valence-electron chi connectivity index (χ0n) is 10.0. The van der Waals surface area contributed by atoms with E-state index in [1.54, 1.807) is 0 Å². The Morgan fingerprint density at radius 2 is 2.29 bits per heavy atom. The molecule has 4 heteroatoms. The van der Waals surface area contributed by atoms with Crippen molar-refractivity contribution < 1.29 is 9.13 Å². The first-order valence-corrected chi connectivity index (χ1v) is 6.70. The van der Waals surface area contributed by atoms with Crippen LogP contribution < -0.4 is 5.32 Å². The van der Waals surface area contributed by atoms with E-state index >= 15 is 0 Å². The Morgan fingerprint density at radius 1 is 1.53 bits per heavy atom. The predicted octanol–water partition coefficient (Wildman–Crippen LogP) is 3.42. The maximum atomic E-state index is 13.8. The molecule has 1 aromatic rings. The molecular formula is C13H17BrFNO. The molecule has 3 atom stereocenters. The molecule has 1 aliphatic rings. The fraction of sp³-hybridized carbons (Fsp3) is 0.538. The molecule has 3 unspecified atom stereocenters. The molecule has 1 heterocycles. The van der Waals surface area contributed by atoms with Gasteiger partial charge in [-0.05, 0) is 32.4 Å². The summed E-state index contributed by atoms with van der Waals surface area (Å²) in [4.78, 5) is 0. The van der Waals surface area contributed by atoms with Crippen molar-refractivity contribution in [3.63, 3.8) is 0 Å². The minimum Gasteiger partial charge on any atom is -0.377 e. The summed E-state index contributed by atoms with van der Waals surface area (Å²) in [6.07, 6.45) is 1.19. The van der Waals surface area contributed by atoms with Crippen LogP contribution in [0.15, 0.2) is 22.7 Å². The topological polar surface area (TPSA) is 21.3 Å². The second kappa shape index (κ2) is 5.46. The molecule has 0 aliphatic carbocycles. The van der Waals surface area contributed by atoms with Crippen molar-refractivity contribution in [2.24, 2.45) is 0 Å². The van der Waals surface area contributed by atoms with Gasteiger partial charge in [0.15, 0.2) is 0 Å². The maximum absolute atomic E-state index is 13.8. The quantitative estimate of drug-likeness (QED) is 0.924. The molecule has 0 saturated carbocycles. The van der Waals surface area contributed by atoms with Gasteiger partial charge in [0.05, 0.1) is 6.10 Å². The highest BCUT2D eigenvalue weighted by Gasteiger charge is 2.26. The van der Waals surface area contributed by atoms with Crippen LogP contribution in [-0.2, 0) is 4.74 Å². The summed E-state index contributed by atoms with van der Waals surface area (Å²) < 4.78 is 20.0. The fourth-order valence-electron chi connectivity index (χ4n) is 2.21. The lowest BCUT2D eigenvalue weighted by Crippen LogP contribution is -2.36. The fourth-order valence-corrected chi connectivity index (χ4v) is 2.55. The first-order chi connectivity index (χ1) is 8.08. The normalized spacial score (nSPS) is 26.1. The monoisotopic (exact) mass is 301 g/mol. The zero-order valence-corrected chi connectivity index (χ0v) is 11.6. The third-order valence-electron chi connectivity index (χ3n) is 3.27. The van der Waals surface area contributed by atoms with E-state index in [0.29, 0.717) is 11.6 Å². The van der Waals surface area contributed by atoms with Crippen molar-refractivity contribution in [3.05, 3.63) is 34.1 Å². The minimum atomic E-state index is -0.175. The van der Waals surface area contributed by atoms with Gasteiger partial charge in [-0.3, -0.25) is 0 Å². The third kappa shape index (κ3) is 3.06. The van der Waals surface area contributed by atoms with Gasteiger partial charge in [0.25, 0.3) is 0 Å². The van der Waals surface area contributed by atoms with Gasteiger partial charge in [0.1, 0.15) is 5.82 Å². The molecule has 2 rings (SSSR count). The molecule has 0 aromatic heterocycles. The average molecular weight is 302 g/mol. The summed E-state index contributed by atoms with van der Waals surface area (Å²) in [5.41, 5.74) is 0.701. The van der Waals surface area contributed by atoms with E-state index in [-0.39, 0.29) is 18.0 Å². The SMILES string of the molecule is CC(NC1CCOC1C)c1ccc(Br)cc1F. The van der Waals surface area contributed by atoms with Crippen LogP contribution in [0.1, 0.15) is 31.9 Å². The van der Waals surface area contributed by atoms with Crippen molar-refractivity contribution in [1.82, 2.24) is 5.32 Å². The molecule has 1 N–H and O–H groups in total. The van der Waals surface area contributed by atoms with Crippen LogP contribution in [0.2, 0.25) is 0 Å². The van der Waals surface area contributed by atoms with Crippen molar-refractivity contribution in [2.75, 3.05) is 6.61 Å². The lowest BCUT2D eigenvalue weighted by molar-refractivity contribution is 0.111. The molecule has 1 aliphatic heterocycles. The highest BCUT2D eigenvalue weighted by atomic mass is 79.9. The van der Waals surface area contributed by atoms with Crippen LogP contribution in [0.25, 0.3) is 0 Å². The molecule has 2 nitrogen and oxygen atoms in total. The zero-order chi connectivity index (χ0) is 12.4. The molecule has 0 spiro atoms. The van der Waals surface area contributed by atoms with E-state index in [2.05, 4.69) is 28.2 Å². The number of hydrogen-bond acceptors (Lipinski definition) is 2. The van der Waals surface area contributed by atoms with Crippen LogP contribution >= 0.6 is 15.9 Å². The number of rotatable bonds is 3. The Kier molecular flexibility index (Phi) is 4.17. The molecule has 1 aromatic carbocycles. The van der Waals surface area contributed by atoms with Crippen LogP contribution in [-0.4, -0.2) is 18.8 Å². The van der Waals surface area contributed by atoms with E-state index in [0.717, 1.165) is 17.5 Å². The molecular weight excluding hydrogens is 285 g/mol. The number of ether oxygens (including phenoxy) is 1. The second-order valence-electron chi connectivity index (χ2n) is 4.53. The van der Waals surface area contributed by atoms with E-state index in [1.165, 1.54) is 6.07 Å². The van der Waals surface area contributed by atoms with Gasteiger partial charge in [0.2, 0.25) is 0 Å². The summed E-state index contributed by atoms with van der Waals surface area (Å²) in [5.74, 6) is -0.175. The Bertz CT molecular complexity index is 399. The summed E-state index contributed by atoms with van der Waals surface area (Å²) in [6.45, 7) is 4.82. The Balaban J connectivity index is 2.06. The lowest BCUT2D eigenvalue weighted by Gasteiger charge is -2.22. The first-order valence-electron chi connectivity index (χ1n) is 5.90. The molecule has 0 amide bonds. The molecule has 1 fully saturated rings. The number of nitrogens with one attached hydrogen (secondary N) is 1. The van der Waals surface area contributed by atoms with Gasteiger partial charge in [-0.2, -0.15) is 0 Å². The second-order valence-corrected chi connectivity index (χ2v) is 5.44. The van der Waals surface area contributed by atoms with Crippen LogP contribution in [0.4, 0.5) is 4.39 Å². The van der Waals surface area contributed by atoms with E-state index in [1.807, 2.05) is 19.1 Å². The van der Waals surface area contributed by atoms with E-state index in [4.69, 9.17) is 4.74 Å². The van der Waals surface area contributed by atoms with Crippen LogP contribution in [0, 0.1) is 5.82 Å². The maximum Gasteiger partial charge on any atom is 0.129 e. The van der Waals surface area contributed by atoms with Gasteiger partial charge in [-0.15, -0.1) is 0 Å². The first kappa shape index (κ1) is 13.0. The number of benzene rings is 1. The van der Waals surface area contributed by atoms with Crippen molar-refractivity contribution in [1.29, 1.82) is 0 Å². The lowest BCUT2D eigenvalue weighted by atomic mass is 10.0. The average Bonchev–Trinajstić information content (AvgIpc) is 2.64. The van der Waals surface area contributed by atoms with Gasteiger partial charge in [-0.25, -0.2) is 4.39 Å². The van der Waals surface area contributed by atoms with Gasteiger partial charge in [0, 0.05) is 28.7 Å². The smallest absolute Gasteiger partial charge is 0.129 e. The summed E-state index contributed by atoms with van der Waals surface area (Å²) in [6, 6.07) is 5.50. The largest absolute Gasteiger partial charge is 0.377 e. The summed E-state index contributed by atoms with van der Waals surface area (Å²) in [5, 5.41) is 3.42. The van der Waals surface area contributed by atoms with Crippen LogP contribution in [0.3, 0.4) is 0 Å². The Hall–Kier alpha value is -0.450. The Labute approximate surface area is 110 Å². The standard InChI is InChI=1S/C13H17BrFNO/c1-8(16-13-5-6-17-9(13)2)11-4-3-10(14)7-12(11)15/h3-4,7-9,13,16H,5-6H2,1-2H3. The molecule has 0 bridgehead atoms. The summed E-state index contributed by atoms with van der Waals surface area (Å²) >= 11 is 3.26. The van der Waals surface area contributed by atoms with Crippen molar-refractivity contribution >= 4 is 15.9 Å². The highest BCUT2D eigenvalue weighted by molar-refractivity contribution is 9.10. The predicted molar refractivity (Wildman–Crippen MR) is 69.5 cm³/mol. The van der Waals surface area contributed by atoms with E-state index in [9.17, 15) is 4.39 Å². The van der Waals surface area contributed by atoms with Gasteiger partial charge >= 0.3 is 0 Å².